The molecule has 0 aliphatic carbocycles. The molecule has 0 spiro atoms. The number of nitrogens with zero attached hydrogens (tertiary/aromatic N) is 3. The van der Waals surface area contributed by atoms with Gasteiger partial charge in [0.25, 0.3) is 5.91 Å². The fourth-order valence-corrected chi connectivity index (χ4v) is 4.54. The number of amides is 2. The van der Waals surface area contributed by atoms with Crippen LogP contribution in [0.3, 0.4) is 0 Å². The molecular weight excluding hydrogens is 482 g/mol. The van der Waals surface area contributed by atoms with Gasteiger partial charge in [-0.15, -0.1) is 0 Å². The minimum atomic E-state index is -0.403. The molecule has 1 aliphatic heterocycles. The Kier molecular flexibility index (Phi) is 8.63. The number of hydrogen-bond donors (Lipinski definition) is 1. The lowest BCUT2D eigenvalue weighted by molar-refractivity contribution is -0.130. The van der Waals surface area contributed by atoms with Crippen molar-refractivity contribution in [1.82, 2.24) is 14.8 Å². The lowest BCUT2D eigenvalue weighted by Crippen LogP contribution is -2.50. The van der Waals surface area contributed by atoms with E-state index in [-0.39, 0.29) is 30.2 Å². The molecule has 2 aromatic carbocycles. The molecule has 1 N–H and O–H groups in total. The van der Waals surface area contributed by atoms with Crippen LogP contribution in [0.4, 0.5) is 0 Å². The van der Waals surface area contributed by atoms with Crippen molar-refractivity contribution in [2.24, 2.45) is 5.92 Å². The quantitative estimate of drug-likeness (QED) is 0.490. The molecule has 1 aromatic heterocycles. The molecule has 4 rings (SSSR count). The van der Waals surface area contributed by atoms with E-state index in [2.05, 4.69) is 4.98 Å². The van der Waals surface area contributed by atoms with E-state index < -0.39 is 12.1 Å². The van der Waals surface area contributed by atoms with Crippen LogP contribution < -0.4 is 9.47 Å². The summed E-state index contributed by atoms with van der Waals surface area (Å²) in [5.74, 6) is 0.578. The molecule has 1 aliphatic rings. The van der Waals surface area contributed by atoms with Gasteiger partial charge < -0.3 is 24.4 Å². The predicted octanol–water partition coefficient (Wildman–Crippen LogP) is 3.68. The van der Waals surface area contributed by atoms with Crippen LogP contribution in [-0.2, 0) is 11.2 Å². The first-order valence-corrected chi connectivity index (χ1v) is 12.8. The van der Waals surface area contributed by atoms with E-state index in [9.17, 15) is 14.7 Å². The molecule has 2 heterocycles. The smallest absolute Gasteiger partial charge is 0.259 e. The Labute approximate surface area is 223 Å². The van der Waals surface area contributed by atoms with Gasteiger partial charge in [-0.3, -0.25) is 9.59 Å². The second-order valence-electron chi connectivity index (χ2n) is 9.86. The number of ether oxygens (including phenoxy) is 2. The molecular formula is C30H35N3O5. The first-order valence-electron chi connectivity index (χ1n) is 12.8. The molecule has 200 valence electrons. The molecule has 0 bridgehead atoms. The summed E-state index contributed by atoms with van der Waals surface area (Å²) in [7, 11) is 3.37. The van der Waals surface area contributed by atoms with Crippen molar-refractivity contribution in [2.45, 2.75) is 32.4 Å². The zero-order chi connectivity index (χ0) is 27.2. The third-order valence-electron chi connectivity index (χ3n) is 7.02. The average molecular weight is 518 g/mol. The number of benzene rings is 2. The fraction of sp³-hybridized carbons (Fsp3) is 0.367. The lowest BCUT2D eigenvalue weighted by Gasteiger charge is -2.37. The third-order valence-corrected chi connectivity index (χ3v) is 7.02. The van der Waals surface area contributed by atoms with Gasteiger partial charge in [0.05, 0.1) is 32.7 Å². The van der Waals surface area contributed by atoms with E-state index in [1.165, 1.54) is 0 Å². The van der Waals surface area contributed by atoms with E-state index in [0.29, 0.717) is 25.1 Å². The fourth-order valence-electron chi connectivity index (χ4n) is 4.54. The molecule has 0 radical (unpaired) electrons. The van der Waals surface area contributed by atoms with Crippen LogP contribution >= 0.6 is 0 Å². The number of aromatic nitrogens is 1. The summed E-state index contributed by atoms with van der Waals surface area (Å²) < 4.78 is 11.6. The summed E-state index contributed by atoms with van der Waals surface area (Å²) in [5, 5.41) is 9.90. The van der Waals surface area contributed by atoms with Crippen LogP contribution in [0.25, 0.3) is 11.1 Å². The topological polar surface area (TPSA) is 92.2 Å². The zero-order valence-electron chi connectivity index (χ0n) is 22.3. The van der Waals surface area contributed by atoms with Gasteiger partial charge in [0.2, 0.25) is 11.8 Å². The van der Waals surface area contributed by atoms with Gasteiger partial charge in [0.1, 0.15) is 17.4 Å². The number of carbonyl (C=O) groups excluding carboxylic acids is 2. The number of likely N-dealkylation sites (N-methyl/N-ethyl adjacent to an activating group) is 1. The van der Waals surface area contributed by atoms with Crippen molar-refractivity contribution in [2.75, 3.05) is 33.9 Å². The van der Waals surface area contributed by atoms with Crippen molar-refractivity contribution in [3.63, 3.8) is 0 Å². The van der Waals surface area contributed by atoms with E-state index >= 15 is 0 Å². The van der Waals surface area contributed by atoms with Gasteiger partial charge in [0, 0.05) is 31.3 Å². The minimum Gasteiger partial charge on any atom is -0.497 e. The molecule has 0 fully saturated rings. The number of pyridine rings is 1. The Hall–Kier alpha value is -3.91. The van der Waals surface area contributed by atoms with Crippen molar-refractivity contribution >= 4 is 11.8 Å². The normalized spacial score (nSPS) is 18.0. The second kappa shape index (κ2) is 12.1. The molecule has 3 aromatic rings. The molecule has 0 unspecified atom stereocenters. The molecule has 2 amide bonds. The highest BCUT2D eigenvalue weighted by Crippen LogP contribution is 2.31. The highest BCUT2D eigenvalue weighted by atomic mass is 16.5. The summed E-state index contributed by atoms with van der Waals surface area (Å²) in [6.45, 7) is 4.35. The summed E-state index contributed by atoms with van der Waals surface area (Å²) in [5.41, 5.74) is 2.92. The number of methoxy groups -OCH3 is 1. The molecule has 0 saturated heterocycles. The molecule has 38 heavy (non-hydrogen) atoms. The number of rotatable bonds is 8. The standard InChI is InChI=1S/C30H35N3O5/c1-20-17-33(21(2)19-34)30(36)26-15-24(23-10-12-25(37-4)13-11-23)16-31-29(26)38-27(20)18-32(3)28(35)14-22-8-6-5-7-9-22/h5-13,15-16,20-21,27,34H,14,17-19H2,1-4H3/t20-,21+,27+/m1/s1. The highest BCUT2D eigenvalue weighted by molar-refractivity contribution is 5.98. The highest BCUT2D eigenvalue weighted by Gasteiger charge is 2.34. The molecule has 0 saturated carbocycles. The van der Waals surface area contributed by atoms with Crippen molar-refractivity contribution in [3.8, 4) is 22.8 Å². The molecule has 3 atom stereocenters. The summed E-state index contributed by atoms with van der Waals surface area (Å²) in [6.07, 6.45) is 1.57. The monoisotopic (exact) mass is 517 g/mol. The summed E-state index contributed by atoms with van der Waals surface area (Å²) in [6, 6.07) is 18.5. The number of carbonyl (C=O) groups is 2. The van der Waals surface area contributed by atoms with Crippen molar-refractivity contribution in [1.29, 1.82) is 0 Å². The van der Waals surface area contributed by atoms with Crippen LogP contribution in [0.5, 0.6) is 11.6 Å². The van der Waals surface area contributed by atoms with Crippen LogP contribution in [0.2, 0.25) is 0 Å². The Morgan fingerprint density at radius 1 is 1.18 bits per heavy atom. The third kappa shape index (κ3) is 6.14. The van der Waals surface area contributed by atoms with Gasteiger partial charge in [-0.05, 0) is 36.2 Å². The maximum atomic E-state index is 13.7. The van der Waals surface area contributed by atoms with Gasteiger partial charge >= 0.3 is 0 Å². The number of hydrogen-bond acceptors (Lipinski definition) is 6. The van der Waals surface area contributed by atoms with Crippen LogP contribution in [-0.4, -0.2) is 77.7 Å². The van der Waals surface area contributed by atoms with E-state index in [4.69, 9.17) is 9.47 Å². The number of aliphatic hydroxyl groups excluding tert-OH is 1. The van der Waals surface area contributed by atoms with Crippen LogP contribution in [0.15, 0.2) is 66.9 Å². The molecule has 8 heteroatoms. The summed E-state index contributed by atoms with van der Waals surface area (Å²) in [4.78, 5) is 34.5. The first-order chi connectivity index (χ1) is 18.3. The predicted molar refractivity (Wildman–Crippen MR) is 145 cm³/mol. The summed E-state index contributed by atoms with van der Waals surface area (Å²) >= 11 is 0. The van der Waals surface area contributed by atoms with Crippen molar-refractivity contribution in [3.05, 3.63) is 78.0 Å². The Morgan fingerprint density at radius 3 is 2.55 bits per heavy atom. The lowest BCUT2D eigenvalue weighted by atomic mass is 9.99. The van der Waals surface area contributed by atoms with Gasteiger partial charge in [-0.1, -0.05) is 49.4 Å². The van der Waals surface area contributed by atoms with E-state index in [1.807, 2.05) is 68.4 Å². The van der Waals surface area contributed by atoms with E-state index in [0.717, 1.165) is 22.4 Å². The first kappa shape index (κ1) is 27.1. The largest absolute Gasteiger partial charge is 0.497 e. The SMILES string of the molecule is COc1ccc(-c2cnc3c(c2)C(=O)N([C@@H](C)CO)C[C@@H](C)[C@H](CN(C)C(=O)Cc2ccccc2)O3)cc1. The van der Waals surface area contributed by atoms with E-state index in [1.54, 1.807) is 36.2 Å². The average Bonchev–Trinajstić information content (AvgIpc) is 2.94. The zero-order valence-corrected chi connectivity index (χ0v) is 22.3. The maximum absolute atomic E-state index is 13.7. The van der Waals surface area contributed by atoms with Crippen molar-refractivity contribution < 1.29 is 24.2 Å². The van der Waals surface area contributed by atoms with Gasteiger partial charge in [-0.25, -0.2) is 4.98 Å². The van der Waals surface area contributed by atoms with Crippen LogP contribution in [0, 0.1) is 5.92 Å². The number of fused-ring (bicyclic) bond motifs is 1. The van der Waals surface area contributed by atoms with Gasteiger partial charge in [0.15, 0.2) is 0 Å². The Morgan fingerprint density at radius 2 is 1.89 bits per heavy atom. The molecule has 8 nitrogen and oxygen atoms in total. The maximum Gasteiger partial charge on any atom is 0.259 e. The minimum absolute atomic E-state index is 0.0197. The van der Waals surface area contributed by atoms with Crippen LogP contribution in [0.1, 0.15) is 29.8 Å². The van der Waals surface area contributed by atoms with Gasteiger partial charge in [-0.2, -0.15) is 0 Å². The Bertz CT molecular complexity index is 1250. The second-order valence-corrected chi connectivity index (χ2v) is 9.86. The Balaban J connectivity index is 1.63. The number of aliphatic hydroxyl groups is 1.